The first-order chi connectivity index (χ1) is 5.74. The molecule has 62 valence electrons. The third-order valence-corrected chi connectivity index (χ3v) is 2.09. The fourth-order valence-corrected chi connectivity index (χ4v) is 1.25. The number of esters is 1. The summed E-state index contributed by atoms with van der Waals surface area (Å²) in [5.41, 5.74) is 0. The van der Waals surface area contributed by atoms with Crippen molar-refractivity contribution < 1.29 is 9.53 Å². The summed E-state index contributed by atoms with van der Waals surface area (Å²) in [5, 5.41) is 1.82. The van der Waals surface area contributed by atoms with Gasteiger partial charge in [0, 0.05) is 0 Å². The number of carbonyl (C=O) groups is 1. The van der Waals surface area contributed by atoms with Crippen LogP contribution in [0.15, 0.2) is 17.5 Å². The molecule has 0 aliphatic heterocycles. The van der Waals surface area contributed by atoms with Gasteiger partial charge in [0.2, 0.25) is 0 Å². The maximum Gasteiger partial charge on any atom is 0.349 e. The molecule has 1 aromatic rings. The Balaban J connectivity index is 2.57. The molecule has 0 aliphatic carbocycles. The summed E-state index contributed by atoms with van der Waals surface area (Å²) < 4.78 is 4.88. The van der Waals surface area contributed by atoms with Gasteiger partial charge < -0.3 is 4.74 Å². The quantitative estimate of drug-likeness (QED) is 0.513. The van der Waals surface area contributed by atoms with Crippen LogP contribution in [0.1, 0.15) is 16.6 Å². The predicted molar refractivity (Wildman–Crippen MR) is 48.0 cm³/mol. The second-order valence-corrected chi connectivity index (χ2v) is 3.14. The molecule has 1 aromatic heterocycles. The van der Waals surface area contributed by atoms with E-state index >= 15 is 0 Å². The zero-order valence-corrected chi connectivity index (χ0v) is 7.43. The lowest BCUT2D eigenvalue weighted by atomic mass is 10.4. The van der Waals surface area contributed by atoms with E-state index in [1.807, 2.05) is 5.38 Å². The zero-order valence-electron chi connectivity index (χ0n) is 6.61. The molecular weight excluding hydrogens is 172 g/mol. The van der Waals surface area contributed by atoms with Crippen LogP contribution in [0.3, 0.4) is 0 Å². The number of hydrogen-bond donors (Lipinski definition) is 0. The van der Waals surface area contributed by atoms with Gasteiger partial charge in [-0.25, -0.2) is 4.79 Å². The van der Waals surface area contributed by atoms with E-state index < -0.39 is 6.10 Å². The van der Waals surface area contributed by atoms with Gasteiger partial charge >= 0.3 is 5.97 Å². The molecule has 0 amide bonds. The molecule has 0 aliphatic rings. The topological polar surface area (TPSA) is 26.3 Å². The van der Waals surface area contributed by atoms with Crippen LogP contribution in [0.4, 0.5) is 0 Å². The summed E-state index contributed by atoms with van der Waals surface area (Å²) in [7, 11) is 0. The highest BCUT2D eigenvalue weighted by atomic mass is 32.1. The molecule has 1 heterocycles. The van der Waals surface area contributed by atoms with Crippen LogP contribution in [0.25, 0.3) is 0 Å². The van der Waals surface area contributed by atoms with Crippen molar-refractivity contribution in [1.29, 1.82) is 0 Å². The summed E-state index contributed by atoms with van der Waals surface area (Å²) in [4.78, 5) is 11.7. The van der Waals surface area contributed by atoms with Crippen LogP contribution in [0, 0.1) is 12.3 Å². The molecule has 0 N–H and O–H groups in total. The van der Waals surface area contributed by atoms with E-state index in [0.29, 0.717) is 4.88 Å². The lowest BCUT2D eigenvalue weighted by Gasteiger charge is -2.04. The van der Waals surface area contributed by atoms with Gasteiger partial charge in [-0.15, -0.1) is 17.8 Å². The van der Waals surface area contributed by atoms with Gasteiger partial charge in [0.05, 0.1) is 0 Å². The van der Waals surface area contributed by atoms with E-state index in [4.69, 9.17) is 11.2 Å². The van der Waals surface area contributed by atoms with Gasteiger partial charge in [-0.3, -0.25) is 0 Å². The molecule has 0 spiro atoms. The fourth-order valence-electron chi connectivity index (χ4n) is 0.647. The molecule has 1 unspecified atom stereocenters. The normalized spacial score (nSPS) is 11.7. The summed E-state index contributed by atoms with van der Waals surface area (Å²) >= 11 is 1.34. The van der Waals surface area contributed by atoms with Gasteiger partial charge in [0.15, 0.2) is 6.10 Å². The van der Waals surface area contributed by atoms with E-state index in [9.17, 15) is 4.79 Å². The summed E-state index contributed by atoms with van der Waals surface area (Å²) in [6, 6.07) is 3.50. The zero-order chi connectivity index (χ0) is 8.97. The van der Waals surface area contributed by atoms with Crippen LogP contribution < -0.4 is 0 Å². The maximum atomic E-state index is 11.2. The Bertz CT molecular complexity index is 295. The van der Waals surface area contributed by atoms with E-state index in [1.165, 1.54) is 11.3 Å². The molecule has 1 rings (SSSR count). The van der Waals surface area contributed by atoms with Gasteiger partial charge in [-0.05, 0) is 18.4 Å². The van der Waals surface area contributed by atoms with Crippen molar-refractivity contribution in [2.75, 3.05) is 0 Å². The highest BCUT2D eigenvalue weighted by Crippen LogP contribution is 2.10. The largest absolute Gasteiger partial charge is 0.445 e. The Labute approximate surface area is 75.2 Å². The molecule has 12 heavy (non-hydrogen) atoms. The number of rotatable bonds is 2. The van der Waals surface area contributed by atoms with Crippen LogP contribution in [-0.4, -0.2) is 12.1 Å². The second kappa shape index (κ2) is 3.93. The number of carbonyl (C=O) groups excluding carboxylic acids is 1. The minimum absolute atomic E-state index is 0.351. The van der Waals surface area contributed by atoms with Crippen molar-refractivity contribution in [2.45, 2.75) is 13.0 Å². The third kappa shape index (κ3) is 2.11. The van der Waals surface area contributed by atoms with E-state index in [0.717, 1.165) is 0 Å². The molecule has 0 saturated heterocycles. The Hall–Kier alpha value is -1.27. The summed E-state index contributed by atoms with van der Waals surface area (Å²) in [6.07, 6.45) is 4.59. The first-order valence-electron chi connectivity index (χ1n) is 3.44. The van der Waals surface area contributed by atoms with Gasteiger partial charge in [0.25, 0.3) is 0 Å². The molecular formula is C9H8O2S. The van der Waals surface area contributed by atoms with E-state index in [-0.39, 0.29) is 5.97 Å². The molecule has 0 radical (unpaired) electrons. The number of terminal acetylenes is 1. The molecule has 0 fully saturated rings. The fraction of sp³-hybridized carbons (Fsp3) is 0.222. The predicted octanol–water partition coefficient (Wildman–Crippen LogP) is 1.93. The Morgan fingerprint density at radius 2 is 2.58 bits per heavy atom. The van der Waals surface area contributed by atoms with Crippen molar-refractivity contribution in [1.82, 2.24) is 0 Å². The summed E-state index contributed by atoms with van der Waals surface area (Å²) in [5.74, 6) is 1.97. The third-order valence-electron chi connectivity index (χ3n) is 1.24. The Kier molecular flexibility index (Phi) is 2.89. The highest BCUT2D eigenvalue weighted by Gasteiger charge is 2.09. The van der Waals surface area contributed by atoms with Crippen molar-refractivity contribution >= 4 is 17.3 Å². The molecule has 3 heteroatoms. The number of ether oxygens (including phenoxy) is 1. The van der Waals surface area contributed by atoms with Gasteiger partial charge in [0.1, 0.15) is 4.88 Å². The lowest BCUT2D eigenvalue weighted by Crippen LogP contribution is -2.11. The van der Waals surface area contributed by atoms with Crippen molar-refractivity contribution in [3.63, 3.8) is 0 Å². The average Bonchev–Trinajstić information content (AvgIpc) is 2.56. The molecule has 0 aromatic carbocycles. The van der Waals surface area contributed by atoms with Crippen molar-refractivity contribution in [3.8, 4) is 12.3 Å². The van der Waals surface area contributed by atoms with Crippen LogP contribution in [-0.2, 0) is 4.74 Å². The minimum atomic E-state index is -0.459. The van der Waals surface area contributed by atoms with Crippen LogP contribution in [0.2, 0.25) is 0 Å². The Morgan fingerprint density at radius 1 is 1.83 bits per heavy atom. The summed E-state index contributed by atoms with van der Waals surface area (Å²) in [6.45, 7) is 1.66. The molecule has 1 atom stereocenters. The van der Waals surface area contributed by atoms with Crippen molar-refractivity contribution in [3.05, 3.63) is 22.4 Å². The molecule has 0 bridgehead atoms. The average molecular weight is 180 g/mol. The molecule has 2 nitrogen and oxygen atoms in total. The van der Waals surface area contributed by atoms with Gasteiger partial charge in [-0.1, -0.05) is 12.0 Å². The lowest BCUT2D eigenvalue weighted by molar-refractivity contribution is 0.0444. The first kappa shape index (κ1) is 8.82. The van der Waals surface area contributed by atoms with Gasteiger partial charge in [-0.2, -0.15) is 0 Å². The van der Waals surface area contributed by atoms with E-state index in [1.54, 1.807) is 19.1 Å². The minimum Gasteiger partial charge on any atom is -0.445 e. The standard InChI is InChI=1S/C9H8O2S/c1-3-7(2)11-9(10)8-5-4-6-12-8/h1,4-7H,2H3. The molecule has 0 saturated carbocycles. The second-order valence-electron chi connectivity index (χ2n) is 2.19. The maximum absolute atomic E-state index is 11.2. The number of hydrogen-bond acceptors (Lipinski definition) is 3. The Morgan fingerprint density at radius 3 is 3.08 bits per heavy atom. The van der Waals surface area contributed by atoms with Crippen molar-refractivity contribution in [2.24, 2.45) is 0 Å². The van der Waals surface area contributed by atoms with Crippen LogP contribution >= 0.6 is 11.3 Å². The highest BCUT2D eigenvalue weighted by molar-refractivity contribution is 7.11. The monoisotopic (exact) mass is 180 g/mol. The van der Waals surface area contributed by atoms with Crippen LogP contribution in [0.5, 0.6) is 0 Å². The SMILES string of the molecule is C#CC(C)OC(=O)c1cccs1. The first-order valence-corrected chi connectivity index (χ1v) is 4.32. The smallest absolute Gasteiger partial charge is 0.349 e. The van der Waals surface area contributed by atoms with E-state index in [2.05, 4.69) is 5.92 Å². The number of thiophene rings is 1.